The summed E-state index contributed by atoms with van der Waals surface area (Å²) in [7, 11) is 1.45. The zero-order valence-electron chi connectivity index (χ0n) is 10.2. The van der Waals surface area contributed by atoms with Crippen molar-refractivity contribution in [2.24, 2.45) is 0 Å². The zero-order valence-corrected chi connectivity index (χ0v) is 10.9. The van der Waals surface area contributed by atoms with E-state index in [2.05, 4.69) is 5.32 Å². The number of anilines is 1. The van der Waals surface area contributed by atoms with Gasteiger partial charge in [-0.25, -0.2) is 4.79 Å². The van der Waals surface area contributed by atoms with Crippen LogP contribution in [0.3, 0.4) is 0 Å². The van der Waals surface area contributed by atoms with Crippen molar-refractivity contribution < 1.29 is 19.1 Å². The molecule has 0 unspecified atom stereocenters. The molecule has 1 amide bonds. The summed E-state index contributed by atoms with van der Waals surface area (Å²) in [6, 6.07) is 4.74. The highest BCUT2D eigenvalue weighted by Crippen LogP contribution is 2.25. The number of ether oxygens (including phenoxy) is 2. The average molecular weight is 272 g/mol. The summed E-state index contributed by atoms with van der Waals surface area (Å²) < 4.78 is 9.86. The van der Waals surface area contributed by atoms with Gasteiger partial charge in [-0.1, -0.05) is 0 Å². The number of nitrogens with one attached hydrogen (secondary N) is 1. The minimum Gasteiger partial charge on any atom is -0.495 e. The van der Waals surface area contributed by atoms with Crippen LogP contribution < -0.4 is 10.1 Å². The number of rotatable bonds is 5. The fourth-order valence-electron chi connectivity index (χ4n) is 1.29. The van der Waals surface area contributed by atoms with Gasteiger partial charge in [0, 0.05) is 5.56 Å². The van der Waals surface area contributed by atoms with E-state index in [1.165, 1.54) is 14.0 Å². The number of benzene rings is 1. The molecule has 0 bridgehead atoms. The summed E-state index contributed by atoms with van der Waals surface area (Å²) in [5.74, 6) is 0.545. The summed E-state index contributed by atoms with van der Waals surface area (Å²) in [5.41, 5.74) is 0.939. The first-order chi connectivity index (χ1) is 8.58. The molecular weight excluding hydrogens is 258 g/mol. The van der Waals surface area contributed by atoms with Gasteiger partial charge in [-0.2, -0.15) is 0 Å². The van der Waals surface area contributed by atoms with Crippen LogP contribution in [-0.2, 0) is 4.74 Å². The van der Waals surface area contributed by atoms with Gasteiger partial charge in [0.15, 0.2) is 5.78 Å². The highest BCUT2D eigenvalue weighted by molar-refractivity contribution is 6.18. The topological polar surface area (TPSA) is 64.6 Å². The van der Waals surface area contributed by atoms with E-state index in [-0.39, 0.29) is 18.3 Å². The van der Waals surface area contributed by atoms with Crippen LogP contribution >= 0.6 is 11.6 Å². The summed E-state index contributed by atoms with van der Waals surface area (Å²) in [6.07, 6.45) is -0.621. The fraction of sp³-hybridized carbons (Fsp3) is 0.333. The van der Waals surface area contributed by atoms with Gasteiger partial charge in [-0.3, -0.25) is 10.1 Å². The summed E-state index contributed by atoms with van der Waals surface area (Å²) in [5, 5.41) is 2.51. The number of amides is 1. The smallest absolute Gasteiger partial charge is 0.411 e. The fourth-order valence-corrected chi connectivity index (χ4v) is 1.37. The van der Waals surface area contributed by atoms with Crippen molar-refractivity contribution in [1.82, 2.24) is 0 Å². The van der Waals surface area contributed by atoms with E-state index in [1.54, 1.807) is 18.2 Å². The predicted molar refractivity (Wildman–Crippen MR) is 68.7 cm³/mol. The lowest BCUT2D eigenvalue weighted by Gasteiger charge is -2.11. The molecule has 1 rings (SSSR count). The molecule has 0 spiro atoms. The minimum atomic E-state index is -0.621. The monoisotopic (exact) mass is 271 g/mol. The molecule has 0 aliphatic carbocycles. The van der Waals surface area contributed by atoms with Crippen molar-refractivity contribution in [3.8, 4) is 5.75 Å². The second-order valence-electron chi connectivity index (χ2n) is 3.42. The Morgan fingerprint density at radius 1 is 1.39 bits per heavy atom. The van der Waals surface area contributed by atoms with Crippen LogP contribution in [0.2, 0.25) is 0 Å². The van der Waals surface area contributed by atoms with Crippen molar-refractivity contribution in [3.63, 3.8) is 0 Å². The zero-order chi connectivity index (χ0) is 13.5. The highest BCUT2D eigenvalue weighted by Gasteiger charge is 2.10. The van der Waals surface area contributed by atoms with E-state index in [1.807, 2.05) is 0 Å². The Morgan fingerprint density at radius 2 is 2.11 bits per heavy atom. The molecule has 0 aliphatic rings. The molecule has 0 saturated heterocycles. The Balaban J connectivity index is 2.82. The Hall–Kier alpha value is -1.75. The van der Waals surface area contributed by atoms with E-state index in [0.29, 0.717) is 17.0 Å². The molecule has 1 N–H and O–H groups in total. The third-order valence-corrected chi connectivity index (χ3v) is 2.31. The predicted octanol–water partition coefficient (Wildman–Crippen LogP) is 2.69. The molecule has 1 aromatic carbocycles. The van der Waals surface area contributed by atoms with Crippen molar-refractivity contribution in [1.29, 1.82) is 0 Å². The van der Waals surface area contributed by atoms with Crippen LogP contribution in [-0.4, -0.2) is 31.5 Å². The third-order valence-electron chi connectivity index (χ3n) is 2.16. The second kappa shape index (κ2) is 6.86. The standard InChI is InChI=1S/C12H14ClNO4/c1-8(15)9-3-4-10(11(7-9)17-2)14-12(16)18-6-5-13/h3-4,7H,5-6H2,1-2H3,(H,14,16). The number of carbonyl (C=O) groups excluding carboxylic acids is 2. The number of Topliss-reactive ketones (excluding diaryl/α,β-unsaturated/α-hetero) is 1. The first-order valence-corrected chi connectivity index (χ1v) is 5.80. The van der Waals surface area contributed by atoms with Crippen LogP contribution in [0.4, 0.5) is 10.5 Å². The van der Waals surface area contributed by atoms with E-state index < -0.39 is 6.09 Å². The molecule has 1 aromatic rings. The van der Waals surface area contributed by atoms with Crippen LogP contribution in [0.5, 0.6) is 5.75 Å². The summed E-state index contributed by atoms with van der Waals surface area (Å²) in [6.45, 7) is 1.58. The number of ketones is 1. The molecule has 0 aliphatic heterocycles. The maximum Gasteiger partial charge on any atom is 0.411 e. The van der Waals surface area contributed by atoms with Crippen LogP contribution in [0.25, 0.3) is 0 Å². The first kappa shape index (κ1) is 14.3. The van der Waals surface area contributed by atoms with Gasteiger partial charge < -0.3 is 9.47 Å². The lowest BCUT2D eigenvalue weighted by Crippen LogP contribution is -2.15. The Bertz CT molecular complexity index is 448. The average Bonchev–Trinajstić information content (AvgIpc) is 2.36. The summed E-state index contributed by atoms with van der Waals surface area (Å²) >= 11 is 5.40. The normalized spacial score (nSPS) is 9.72. The first-order valence-electron chi connectivity index (χ1n) is 5.27. The Morgan fingerprint density at radius 3 is 2.67 bits per heavy atom. The second-order valence-corrected chi connectivity index (χ2v) is 3.80. The quantitative estimate of drug-likeness (QED) is 0.660. The maximum absolute atomic E-state index is 11.3. The molecule has 0 aromatic heterocycles. The van der Waals surface area contributed by atoms with E-state index in [9.17, 15) is 9.59 Å². The Kier molecular flexibility index (Phi) is 5.45. The minimum absolute atomic E-state index is 0.0791. The number of alkyl halides is 1. The largest absolute Gasteiger partial charge is 0.495 e. The van der Waals surface area contributed by atoms with Gasteiger partial charge in [0.05, 0.1) is 18.7 Å². The molecule has 0 saturated carbocycles. The third kappa shape index (κ3) is 3.92. The molecule has 5 nitrogen and oxygen atoms in total. The van der Waals surface area contributed by atoms with Crippen molar-refractivity contribution in [2.75, 3.05) is 24.9 Å². The molecular formula is C12H14ClNO4. The molecule has 0 fully saturated rings. The number of methoxy groups -OCH3 is 1. The van der Waals surface area contributed by atoms with Gasteiger partial charge >= 0.3 is 6.09 Å². The Labute approximate surface area is 110 Å². The number of hydrogen-bond donors (Lipinski definition) is 1. The van der Waals surface area contributed by atoms with Gasteiger partial charge in [0.1, 0.15) is 12.4 Å². The maximum atomic E-state index is 11.3. The van der Waals surface area contributed by atoms with Crippen molar-refractivity contribution in [2.45, 2.75) is 6.92 Å². The van der Waals surface area contributed by atoms with Gasteiger partial charge in [0.2, 0.25) is 0 Å². The van der Waals surface area contributed by atoms with Gasteiger partial charge in [0.25, 0.3) is 0 Å². The molecule has 6 heteroatoms. The van der Waals surface area contributed by atoms with Crippen LogP contribution in [0.15, 0.2) is 18.2 Å². The van der Waals surface area contributed by atoms with Crippen molar-refractivity contribution in [3.05, 3.63) is 23.8 Å². The van der Waals surface area contributed by atoms with E-state index >= 15 is 0 Å². The lowest BCUT2D eigenvalue weighted by molar-refractivity contribution is 0.101. The van der Waals surface area contributed by atoms with Crippen molar-refractivity contribution >= 4 is 29.2 Å². The van der Waals surface area contributed by atoms with Crippen LogP contribution in [0, 0.1) is 0 Å². The SMILES string of the molecule is COc1cc(C(C)=O)ccc1NC(=O)OCCCl. The number of carbonyl (C=O) groups is 2. The molecule has 0 atom stereocenters. The molecule has 18 heavy (non-hydrogen) atoms. The van der Waals surface area contributed by atoms with Crippen LogP contribution in [0.1, 0.15) is 17.3 Å². The summed E-state index contributed by atoms with van der Waals surface area (Å²) in [4.78, 5) is 22.5. The number of halogens is 1. The number of hydrogen-bond acceptors (Lipinski definition) is 4. The molecule has 0 radical (unpaired) electrons. The lowest BCUT2D eigenvalue weighted by atomic mass is 10.1. The highest BCUT2D eigenvalue weighted by atomic mass is 35.5. The molecule has 98 valence electrons. The molecule has 0 heterocycles. The van der Waals surface area contributed by atoms with E-state index in [4.69, 9.17) is 21.1 Å². The van der Waals surface area contributed by atoms with Gasteiger partial charge in [-0.05, 0) is 25.1 Å². The van der Waals surface area contributed by atoms with Gasteiger partial charge in [-0.15, -0.1) is 11.6 Å². The van der Waals surface area contributed by atoms with E-state index in [0.717, 1.165) is 0 Å².